The van der Waals surface area contributed by atoms with Gasteiger partial charge in [0.1, 0.15) is 17.5 Å². The van der Waals surface area contributed by atoms with Crippen molar-refractivity contribution in [1.82, 2.24) is 9.88 Å². The van der Waals surface area contributed by atoms with Gasteiger partial charge in [-0.15, -0.1) is 0 Å². The lowest BCUT2D eigenvalue weighted by Crippen LogP contribution is -2.42. The molecule has 2 heterocycles. The summed E-state index contributed by atoms with van der Waals surface area (Å²) in [5.41, 5.74) is 7.17. The van der Waals surface area contributed by atoms with Crippen LogP contribution in [0.1, 0.15) is 36.1 Å². The summed E-state index contributed by atoms with van der Waals surface area (Å²) in [4.78, 5) is 18.7. The zero-order chi connectivity index (χ0) is 20.7. The SMILES string of the molecule is COc1ccc(-c2c(C#N)c(N)nc3c2CN(C(=O)C2CCC2)CC3)c(F)c1F. The molecule has 4 rings (SSSR count). The van der Waals surface area contributed by atoms with Crippen LogP contribution >= 0.6 is 0 Å². The van der Waals surface area contributed by atoms with Gasteiger partial charge in [-0.3, -0.25) is 4.79 Å². The Labute approximate surface area is 166 Å². The fraction of sp³-hybridized carbons (Fsp3) is 0.381. The Morgan fingerprint density at radius 1 is 1.34 bits per heavy atom. The van der Waals surface area contributed by atoms with Gasteiger partial charge in [0.15, 0.2) is 11.6 Å². The highest BCUT2D eigenvalue weighted by atomic mass is 19.2. The molecule has 0 radical (unpaired) electrons. The normalized spacial score (nSPS) is 16.0. The molecule has 1 saturated carbocycles. The van der Waals surface area contributed by atoms with Crippen LogP contribution in [-0.2, 0) is 17.8 Å². The van der Waals surface area contributed by atoms with Crippen molar-refractivity contribution < 1.29 is 18.3 Å². The minimum atomic E-state index is -1.14. The molecule has 0 bridgehead atoms. The van der Waals surface area contributed by atoms with Gasteiger partial charge in [0.05, 0.1) is 12.8 Å². The molecule has 1 amide bonds. The van der Waals surface area contributed by atoms with Crippen LogP contribution in [0.2, 0.25) is 0 Å². The van der Waals surface area contributed by atoms with E-state index in [2.05, 4.69) is 4.98 Å². The van der Waals surface area contributed by atoms with Gasteiger partial charge in [-0.25, -0.2) is 9.37 Å². The average Bonchev–Trinajstić information content (AvgIpc) is 2.67. The predicted molar refractivity (Wildman–Crippen MR) is 102 cm³/mol. The number of methoxy groups -OCH3 is 1. The fourth-order valence-electron chi connectivity index (χ4n) is 3.97. The lowest BCUT2D eigenvalue weighted by Gasteiger charge is -2.35. The number of nitrogens with zero attached hydrogens (tertiary/aromatic N) is 3. The van der Waals surface area contributed by atoms with Crippen LogP contribution in [0.4, 0.5) is 14.6 Å². The molecule has 1 aliphatic carbocycles. The van der Waals surface area contributed by atoms with E-state index >= 15 is 0 Å². The number of ether oxygens (including phenoxy) is 1. The molecule has 1 aromatic heterocycles. The van der Waals surface area contributed by atoms with E-state index in [1.165, 1.54) is 19.2 Å². The molecule has 0 unspecified atom stereocenters. The number of hydrogen-bond donors (Lipinski definition) is 1. The first-order chi connectivity index (χ1) is 14.0. The summed E-state index contributed by atoms with van der Waals surface area (Å²) in [7, 11) is 1.24. The maximum atomic E-state index is 14.9. The number of pyridine rings is 1. The molecule has 0 spiro atoms. The number of fused-ring (bicyclic) bond motifs is 1. The molecule has 1 aliphatic heterocycles. The van der Waals surface area contributed by atoms with Crippen molar-refractivity contribution in [3.05, 3.63) is 40.6 Å². The van der Waals surface area contributed by atoms with E-state index in [4.69, 9.17) is 10.5 Å². The number of nitrogens with two attached hydrogens (primary N) is 1. The van der Waals surface area contributed by atoms with E-state index in [-0.39, 0.29) is 46.6 Å². The number of anilines is 1. The molecule has 0 saturated heterocycles. The monoisotopic (exact) mass is 398 g/mol. The molecular formula is C21H20F2N4O2. The van der Waals surface area contributed by atoms with Gasteiger partial charge in [0, 0.05) is 42.1 Å². The third-order valence-electron chi connectivity index (χ3n) is 5.79. The van der Waals surface area contributed by atoms with Gasteiger partial charge in [0.25, 0.3) is 0 Å². The number of amides is 1. The van der Waals surface area contributed by atoms with Crippen LogP contribution < -0.4 is 10.5 Å². The van der Waals surface area contributed by atoms with Crippen molar-refractivity contribution in [2.45, 2.75) is 32.2 Å². The molecule has 2 N–H and O–H groups in total. The Morgan fingerprint density at radius 2 is 2.10 bits per heavy atom. The van der Waals surface area contributed by atoms with Gasteiger partial charge >= 0.3 is 0 Å². The average molecular weight is 398 g/mol. The number of aromatic nitrogens is 1. The highest BCUT2D eigenvalue weighted by molar-refractivity contribution is 5.83. The number of nitrogen functional groups attached to an aromatic ring is 1. The molecule has 2 aliphatic rings. The molecule has 29 heavy (non-hydrogen) atoms. The summed E-state index contributed by atoms with van der Waals surface area (Å²) in [6, 6.07) is 4.63. The van der Waals surface area contributed by atoms with Gasteiger partial charge in [0.2, 0.25) is 11.7 Å². The van der Waals surface area contributed by atoms with Crippen molar-refractivity contribution >= 4 is 11.7 Å². The van der Waals surface area contributed by atoms with Crippen molar-refractivity contribution in [2.24, 2.45) is 5.92 Å². The minimum Gasteiger partial charge on any atom is -0.494 e. The van der Waals surface area contributed by atoms with Gasteiger partial charge < -0.3 is 15.4 Å². The van der Waals surface area contributed by atoms with Gasteiger partial charge in [-0.2, -0.15) is 9.65 Å². The van der Waals surface area contributed by atoms with Crippen LogP contribution in [0, 0.1) is 28.9 Å². The molecule has 0 atom stereocenters. The molecule has 2 aromatic rings. The summed E-state index contributed by atoms with van der Waals surface area (Å²) in [6.45, 7) is 0.675. The second-order valence-corrected chi connectivity index (χ2v) is 7.37. The first-order valence-electron chi connectivity index (χ1n) is 9.48. The number of nitriles is 1. The molecule has 150 valence electrons. The first-order valence-corrected chi connectivity index (χ1v) is 9.48. The van der Waals surface area contributed by atoms with Crippen molar-refractivity contribution in [3.8, 4) is 22.9 Å². The van der Waals surface area contributed by atoms with E-state index in [0.717, 1.165) is 19.3 Å². The zero-order valence-corrected chi connectivity index (χ0v) is 16.0. The summed E-state index contributed by atoms with van der Waals surface area (Å²) < 4.78 is 34.1. The van der Waals surface area contributed by atoms with Crippen LogP contribution in [-0.4, -0.2) is 29.4 Å². The van der Waals surface area contributed by atoms with E-state index in [9.17, 15) is 18.8 Å². The predicted octanol–water partition coefficient (Wildman–Crippen LogP) is 3.17. The van der Waals surface area contributed by atoms with E-state index < -0.39 is 11.6 Å². The van der Waals surface area contributed by atoms with Crippen LogP contribution in [0.15, 0.2) is 12.1 Å². The van der Waals surface area contributed by atoms with E-state index in [0.29, 0.717) is 24.2 Å². The molecule has 6 nitrogen and oxygen atoms in total. The second kappa shape index (κ2) is 7.32. The number of rotatable bonds is 3. The second-order valence-electron chi connectivity index (χ2n) is 7.37. The van der Waals surface area contributed by atoms with E-state index in [1.807, 2.05) is 6.07 Å². The minimum absolute atomic E-state index is 0.0207. The first kappa shape index (κ1) is 19.1. The quantitative estimate of drug-likeness (QED) is 0.857. The highest BCUT2D eigenvalue weighted by Gasteiger charge is 2.34. The third-order valence-corrected chi connectivity index (χ3v) is 5.79. The van der Waals surface area contributed by atoms with Crippen molar-refractivity contribution in [3.63, 3.8) is 0 Å². The lowest BCUT2D eigenvalue weighted by molar-refractivity contribution is -0.139. The number of benzene rings is 1. The number of carbonyl (C=O) groups excluding carboxylic acids is 1. The maximum Gasteiger partial charge on any atom is 0.225 e. The summed E-state index contributed by atoms with van der Waals surface area (Å²) >= 11 is 0. The van der Waals surface area contributed by atoms with E-state index in [1.54, 1.807) is 4.90 Å². The number of carbonyl (C=O) groups is 1. The molecule has 1 fully saturated rings. The Morgan fingerprint density at radius 3 is 2.72 bits per heavy atom. The summed E-state index contributed by atoms with van der Waals surface area (Å²) in [6.07, 6.45) is 3.23. The van der Waals surface area contributed by atoms with Crippen LogP contribution in [0.5, 0.6) is 5.75 Å². The lowest BCUT2D eigenvalue weighted by atomic mass is 9.83. The maximum absolute atomic E-state index is 14.9. The van der Waals surface area contributed by atoms with Crippen LogP contribution in [0.25, 0.3) is 11.1 Å². The molecule has 8 heteroatoms. The van der Waals surface area contributed by atoms with Crippen LogP contribution in [0.3, 0.4) is 0 Å². The van der Waals surface area contributed by atoms with Gasteiger partial charge in [-0.1, -0.05) is 6.42 Å². The number of hydrogen-bond acceptors (Lipinski definition) is 5. The topological polar surface area (TPSA) is 92.2 Å². The smallest absolute Gasteiger partial charge is 0.225 e. The van der Waals surface area contributed by atoms with Crippen molar-refractivity contribution in [2.75, 3.05) is 19.4 Å². The Bertz CT molecular complexity index is 1040. The highest BCUT2D eigenvalue weighted by Crippen LogP contribution is 2.39. The Kier molecular flexibility index (Phi) is 4.82. The van der Waals surface area contributed by atoms with Gasteiger partial charge in [-0.05, 0) is 25.0 Å². The standard InChI is InChI=1S/C21H20F2N4O2/c1-29-16-6-5-12(18(22)19(16)23)17-13(9-24)20(25)26-15-7-8-27(10-14(15)17)21(28)11-3-2-4-11/h5-6,11H,2-4,7-8,10H2,1H3,(H2,25,26). The zero-order valence-electron chi connectivity index (χ0n) is 16.0. The Balaban J connectivity index is 1.86. The molecule has 1 aromatic carbocycles. The third kappa shape index (κ3) is 3.07. The Hall–Kier alpha value is -3.21. The summed E-state index contributed by atoms with van der Waals surface area (Å²) in [5.74, 6) is -2.46. The number of halogens is 2. The molecular weight excluding hydrogens is 378 g/mol. The van der Waals surface area contributed by atoms with Crippen molar-refractivity contribution in [1.29, 1.82) is 5.26 Å². The fourth-order valence-corrected chi connectivity index (χ4v) is 3.97. The summed E-state index contributed by atoms with van der Waals surface area (Å²) in [5, 5.41) is 9.64. The largest absolute Gasteiger partial charge is 0.494 e.